The van der Waals surface area contributed by atoms with Gasteiger partial charge in [-0.2, -0.15) is 0 Å². The molecule has 1 saturated carbocycles. The molecule has 1 heterocycles. The number of amides is 1. The fourth-order valence-electron chi connectivity index (χ4n) is 3.04. The van der Waals surface area contributed by atoms with E-state index in [9.17, 15) is 4.79 Å². The van der Waals surface area contributed by atoms with Gasteiger partial charge in [-0.25, -0.2) is 0 Å². The van der Waals surface area contributed by atoms with Crippen LogP contribution in [0, 0.1) is 5.41 Å². The molecule has 2 aliphatic rings. The Morgan fingerprint density at radius 2 is 2.00 bits per heavy atom. The molecular formula is C14H27N3O. The molecule has 0 aromatic rings. The Labute approximate surface area is 110 Å². The fourth-order valence-corrected chi connectivity index (χ4v) is 3.04. The summed E-state index contributed by atoms with van der Waals surface area (Å²) in [6.45, 7) is 7.84. The molecule has 1 aliphatic carbocycles. The lowest BCUT2D eigenvalue weighted by Gasteiger charge is -2.25. The summed E-state index contributed by atoms with van der Waals surface area (Å²) < 4.78 is 0. The zero-order valence-electron chi connectivity index (χ0n) is 11.6. The molecule has 0 radical (unpaired) electrons. The maximum atomic E-state index is 11.9. The normalized spacial score (nSPS) is 24.7. The molecule has 4 heteroatoms. The van der Waals surface area contributed by atoms with E-state index in [-0.39, 0.29) is 5.91 Å². The molecule has 0 spiro atoms. The molecule has 2 N–H and O–H groups in total. The van der Waals surface area contributed by atoms with Gasteiger partial charge in [0.1, 0.15) is 0 Å². The van der Waals surface area contributed by atoms with Crippen LogP contribution in [0.4, 0.5) is 0 Å². The summed E-state index contributed by atoms with van der Waals surface area (Å²) in [4.78, 5) is 14.2. The van der Waals surface area contributed by atoms with E-state index in [1.165, 1.54) is 25.7 Å². The number of nitrogens with zero attached hydrogens (tertiary/aromatic N) is 1. The number of carbonyl (C=O) groups excluding carboxylic acids is 1. The molecule has 0 atom stereocenters. The van der Waals surface area contributed by atoms with Gasteiger partial charge in [-0.05, 0) is 37.8 Å². The summed E-state index contributed by atoms with van der Waals surface area (Å²) in [6, 6.07) is 0. The Balaban J connectivity index is 1.67. The van der Waals surface area contributed by atoms with E-state index in [4.69, 9.17) is 0 Å². The Morgan fingerprint density at radius 3 is 2.78 bits per heavy atom. The number of rotatable bonds is 4. The zero-order chi connectivity index (χ0) is 12.8. The monoisotopic (exact) mass is 253 g/mol. The third kappa shape index (κ3) is 4.25. The number of hydrogen-bond donors (Lipinski definition) is 2. The summed E-state index contributed by atoms with van der Waals surface area (Å²) in [5.74, 6) is 0.199. The maximum absolute atomic E-state index is 11.9. The van der Waals surface area contributed by atoms with Crippen molar-refractivity contribution >= 4 is 5.91 Å². The van der Waals surface area contributed by atoms with Gasteiger partial charge in [0.2, 0.25) is 5.91 Å². The van der Waals surface area contributed by atoms with Crippen molar-refractivity contribution in [2.24, 2.45) is 5.41 Å². The first-order valence-corrected chi connectivity index (χ1v) is 7.38. The minimum Gasteiger partial charge on any atom is -0.354 e. The Kier molecular flexibility index (Phi) is 5.01. The van der Waals surface area contributed by atoms with Crippen LogP contribution in [0.1, 0.15) is 39.0 Å². The molecule has 0 bridgehead atoms. The molecule has 2 fully saturated rings. The van der Waals surface area contributed by atoms with Gasteiger partial charge in [-0.1, -0.05) is 19.8 Å². The lowest BCUT2D eigenvalue weighted by atomic mass is 9.89. The lowest BCUT2D eigenvalue weighted by molar-refractivity contribution is -0.122. The fraction of sp³-hybridized carbons (Fsp3) is 0.929. The van der Waals surface area contributed by atoms with Crippen LogP contribution in [0.5, 0.6) is 0 Å². The second-order valence-corrected chi connectivity index (χ2v) is 6.17. The van der Waals surface area contributed by atoms with Gasteiger partial charge in [0, 0.05) is 19.6 Å². The van der Waals surface area contributed by atoms with E-state index < -0.39 is 0 Å². The highest BCUT2D eigenvalue weighted by Crippen LogP contribution is 2.36. The Morgan fingerprint density at radius 1 is 1.22 bits per heavy atom. The van der Waals surface area contributed by atoms with Gasteiger partial charge >= 0.3 is 0 Å². The van der Waals surface area contributed by atoms with E-state index in [0.717, 1.165) is 39.1 Å². The third-order valence-electron chi connectivity index (χ3n) is 4.32. The van der Waals surface area contributed by atoms with E-state index in [1.807, 2.05) is 0 Å². The van der Waals surface area contributed by atoms with Crippen molar-refractivity contribution in [2.45, 2.75) is 39.0 Å². The van der Waals surface area contributed by atoms with Crippen LogP contribution in [-0.2, 0) is 4.79 Å². The average molecular weight is 253 g/mol. The predicted octanol–water partition coefficient (Wildman–Crippen LogP) is 0.978. The van der Waals surface area contributed by atoms with Crippen LogP contribution in [0.2, 0.25) is 0 Å². The summed E-state index contributed by atoms with van der Waals surface area (Å²) in [7, 11) is 0. The summed E-state index contributed by atoms with van der Waals surface area (Å²) in [5, 5.41) is 6.49. The predicted molar refractivity (Wildman–Crippen MR) is 73.5 cm³/mol. The summed E-state index contributed by atoms with van der Waals surface area (Å²) >= 11 is 0. The zero-order valence-corrected chi connectivity index (χ0v) is 11.6. The van der Waals surface area contributed by atoms with Crippen molar-refractivity contribution in [3.05, 3.63) is 0 Å². The van der Waals surface area contributed by atoms with Crippen LogP contribution in [-0.4, -0.2) is 50.1 Å². The highest BCUT2D eigenvalue weighted by atomic mass is 16.2. The SMILES string of the molecule is CC1(CNC(=O)CN2CCCNCC2)CCCC1. The molecule has 1 amide bonds. The van der Waals surface area contributed by atoms with Crippen LogP contribution in [0.3, 0.4) is 0 Å². The number of hydrogen-bond acceptors (Lipinski definition) is 3. The summed E-state index contributed by atoms with van der Waals surface area (Å²) in [5.41, 5.74) is 0.357. The molecule has 2 rings (SSSR count). The molecule has 104 valence electrons. The molecule has 4 nitrogen and oxygen atoms in total. The number of carbonyl (C=O) groups is 1. The lowest BCUT2D eigenvalue weighted by Crippen LogP contribution is -2.42. The van der Waals surface area contributed by atoms with Gasteiger partial charge < -0.3 is 10.6 Å². The van der Waals surface area contributed by atoms with Gasteiger partial charge in [-0.15, -0.1) is 0 Å². The first kappa shape index (κ1) is 13.8. The van der Waals surface area contributed by atoms with Crippen LogP contribution in [0.25, 0.3) is 0 Å². The quantitative estimate of drug-likeness (QED) is 0.785. The molecule has 0 aromatic carbocycles. The van der Waals surface area contributed by atoms with E-state index in [2.05, 4.69) is 22.5 Å². The molecule has 1 aliphatic heterocycles. The second-order valence-electron chi connectivity index (χ2n) is 6.17. The van der Waals surface area contributed by atoms with Crippen molar-refractivity contribution in [3.63, 3.8) is 0 Å². The molecular weight excluding hydrogens is 226 g/mol. The van der Waals surface area contributed by atoms with Crippen molar-refractivity contribution in [1.82, 2.24) is 15.5 Å². The Bertz CT molecular complexity index is 266. The van der Waals surface area contributed by atoms with E-state index in [1.54, 1.807) is 0 Å². The van der Waals surface area contributed by atoms with Crippen LogP contribution in [0.15, 0.2) is 0 Å². The smallest absolute Gasteiger partial charge is 0.234 e. The molecule has 1 saturated heterocycles. The highest BCUT2D eigenvalue weighted by molar-refractivity contribution is 5.78. The topological polar surface area (TPSA) is 44.4 Å². The van der Waals surface area contributed by atoms with Gasteiger partial charge in [0.25, 0.3) is 0 Å². The molecule has 0 unspecified atom stereocenters. The van der Waals surface area contributed by atoms with Crippen molar-refractivity contribution in [1.29, 1.82) is 0 Å². The second kappa shape index (κ2) is 6.53. The standard InChI is InChI=1S/C14H27N3O/c1-14(5-2-3-6-14)12-16-13(18)11-17-9-4-7-15-8-10-17/h15H,2-12H2,1H3,(H,16,18). The molecule has 0 aromatic heterocycles. The van der Waals surface area contributed by atoms with Crippen LogP contribution < -0.4 is 10.6 Å². The maximum Gasteiger partial charge on any atom is 0.234 e. The average Bonchev–Trinajstić information content (AvgIpc) is 2.62. The molecule has 18 heavy (non-hydrogen) atoms. The van der Waals surface area contributed by atoms with Gasteiger partial charge in [0.05, 0.1) is 6.54 Å². The largest absolute Gasteiger partial charge is 0.354 e. The highest BCUT2D eigenvalue weighted by Gasteiger charge is 2.28. The minimum atomic E-state index is 0.199. The Hall–Kier alpha value is -0.610. The van der Waals surface area contributed by atoms with E-state index in [0.29, 0.717) is 12.0 Å². The van der Waals surface area contributed by atoms with Crippen molar-refractivity contribution < 1.29 is 4.79 Å². The van der Waals surface area contributed by atoms with Gasteiger partial charge in [-0.3, -0.25) is 9.69 Å². The third-order valence-corrected chi connectivity index (χ3v) is 4.32. The first-order chi connectivity index (χ1) is 8.68. The number of nitrogens with one attached hydrogen (secondary N) is 2. The van der Waals surface area contributed by atoms with Crippen molar-refractivity contribution in [2.75, 3.05) is 39.3 Å². The first-order valence-electron chi connectivity index (χ1n) is 7.38. The van der Waals surface area contributed by atoms with Gasteiger partial charge in [0.15, 0.2) is 0 Å². The van der Waals surface area contributed by atoms with Crippen LogP contribution >= 0.6 is 0 Å². The minimum absolute atomic E-state index is 0.199. The van der Waals surface area contributed by atoms with Crippen molar-refractivity contribution in [3.8, 4) is 0 Å². The summed E-state index contributed by atoms with van der Waals surface area (Å²) in [6.07, 6.45) is 6.32. The van der Waals surface area contributed by atoms with E-state index >= 15 is 0 Å².